The lowest BCUT2D eigenvalue weighted by molar-refractivity contribution is -0.141. The molecule has 6 heteroatoms. The molecule has 1 aliphatic rings. The number of halogens is 2. The summed E-state index contributed by atoms with van der Waals surface area (Å²) in [5.74, 6) is -4.27. The van der Waals surface area contributed by atoms with E-state index in [0.717, 1.165) is 42.0 Å². The van der Waals surface area contributed by atoms with E-state index in [4.69, 9.17) is 6.57 Å². The summed E-state index contributed by atoms with van der Waals surface area (Å²) >= 11 is 0. The van der Waals surface area contributed by atoms with Crippen LogP contribution in [-0.4, -0.2) is 15.6 Å². The zero-order valence-corrected chi connectivity index (χ0v) is 15.7. The molecule has 4 nitrogen and oxygen atoms in total. The maximum absolute atomic E-state index is 14.2. The number of carbonyl (C=O) groups excluding carboxylic acids is 1. The van der Waals surface area contributed by atoms with Crippen molar-refractivity contribution in [2.75, 3.05) is 0 Å². The van der Waals surface area contributed by atoms with E-state index in [1.807, 2.05) is 19.1 Å². The van der Waals surface area contributed by atoms with Crippen LogP contribution in [0.3, 0.4) is 0 Å². The number of aryl methyl sites for hydroxylation is 1. The van der Waals surface area contributed by atoms with E-state index in [1.54, 1.807) is 16.8 Å². The number of hydrogen-bond donors (Lipinski definition) is 0. The standard InChI is InChI=1S/C22H19F2N3O/c1-13-17-10-9-16(22(23,24)14(2)28)11-21(17)27(26-13)12-19-18(15-7-8-15)5-4-6-20(19)25-3/h4-6,9-11,15H,7-8,12H2,1-2H3. The van der Waals surface area contributed by atoms with Crippen molar-refractivity contribution in [3.8, 4) is 0 Å². The Morgan fingerprint density at radius 3 is 2.71 bits per heavy atom. The number of ketones is 1. The van der Waals surface area contributed by atoms with E-state index >= 15 is 0 Å². The molecular weight excluding hydrogens is 360 g/mol. The molecule has 1 saturated carbocycles. The third kappa shape index (κ3) is 2.97. The maximum Gasteiger partial charge on any atom is 0.330 e. The Balaban J connectivity index is 1.85. The average molecular weight is 379 g/mol. The Morgan fingerprint density at radius 2 is 2.07 bits per heavy atom. The molecule has 1 heterocycles. The van der Waals surface area contributed by atoms with Gasteiger partial charge in [-0.3, -0.25) is 9.48 Å². The monoisotopic (exact) mass is 379 g/mol. The molecule has 2 aromatic carbocycles. The minimum absolute atomic E-state index is 0.337. The molecular formula is C22H19F2N3O. The normalized spacial score (nSPS) is 14.2. The van der Waals surface area contributed by atoms with E-state index in [0.29, 0.717) is 23.7 Å². The Labute approximate surface area is 161 Å². The number of carbonyl (C=O) groups is 1. The highest BCUT2D eigenvalue weighted by Crippen LogP contribution is 2.44. The number of nitrogens with zero attached hydrogens (tertiary/aromatic N) is 3. The Kier molecular flexibility index (Phi) is 4.26. The Hall–Kier alpha value is -3.07. The predicted octanol–water partition coefficient (Wildman–Crippen LogP) is 5.50. The van der Waals surface area contributed by atoms with E-state index in [1.165, 1.54) is 12.1 Å². The quantitative estimate of drug-likeness (QED) is 0.549. The highest BCUT2D eigenvalue weighted by molar-refractivity contribution is 5.88. The van der Waals surface area contributed by atoms with Crippen molar-refractivity contribution in [1.82, 2.24) is 9.78 Å². The molecule has 1 aromatic heterocycles. The molecule has 0 spiro atoms. The first-order valence-corrected chi connectivity index (χ1v) is 9.18. The van der Waals surface area contributed by atoms with Gasteiger partial charge in [-0.15, -0.1) is 0 Å². The van der Waals surface area contributed by atoms with Crippen molar-refractivity contribution in [3.63, 3.8) is 0 Å². The third-order valence-corrected chi connectivity index (χ3v) is 5.37. The largest absolute Gasteiger partial charge is 0.330 e. The van der Waals surface area contributed by atoms with E-state index < -0.39 is 11.7 Å². The van der Waals surface area contributed by atoms with Crippen molar-refractivity contribution in [2.45, 2.75) is 45.1 Å². The molecule has 1 fully saturated rings. The Morgan fingerprint density at radius 1 is 1.32 bits per heavy atom. The summed E-state index contributed by atoms with van der Waals surface area (Å²) in [5, 5.41) is 5.29. The van der Waals surface area contributed by atoms with Gasteiger partial charge in [-0.1, -0.05) is 35.9 Å². The van der Waals surface area contributed by atoms with Crippen molar-refractivity contribution in [3.05, 3.63) is 70.2 Å². The lowest BCUT2D eigenvalue weighted by atomic mass is 10.0. The zero-order valence-electron chi connectivity index (χ0n) is 15.7. The summed E-state index contributed by atoms with van der Waals surface area (Å²) < 4.78 is 30.2. The first-order valence-electron chi connectivity index (χ1n) is 9.18. The van der Waals surface area contributed by atoms with E-state index in [9.17, 15) is 13.6 Å². The summed E-state index contributed by atoms with van der Waals surface area (Å²) in [5.41, 5.74) is 3.53. The molecule has 0 amide bonds. The number of rotatable bonds is 5. The number of fused-ring (bicyclic) bond motifs is 1. The topological polar surface area (TPSA) is 39.2 Å². The molecule has 0 unspecified atom stereocenters. The summed E-state index contributed by atoms with van der Waals surface area (Å²) in [7, 11) is 0. The van der Waals surface area contributed by atoms with E-state index in [2.05, 4.69) is 9.94 Å². The van der Waals surface area contributed by atoms with Crippen LogP contribution in [0.2, 0.25) is 0 Å². The maximum atomic E-state index is 14.2. The van der Waals surface area contributed by atoms with Gasteiger partial charge < -0.3 is 0 Å². The van der Waals surface area contributed by atoms with Crippen molar-refractivity contribution >= 4 is 22.4 Å². The van der Waals surface area contributed by atoms with Crippen LogP contribution in [0.1, 0.15) is 48.1 Å². The minimum Gasteiger partial charge on any atom is -0.293 e. The molecule has 0 atom stereocenters. The van der Waals surface area contributed by atoms with Crippen LogP contribution in [-0.2, 0) is 17.3 Å². The minimum atomic E-state index is -3.54. The van der Waals surface area contributed by atoms with Gasteiger partial charge in [0.25, 0.3) is 0 Å². The number of benzene rings is 2. The average Bonchev–Trinajstić information content (AvgIpc) is 3.47. The smallest absolute Gasteiger partial charge is 0.293 e. The van der Waals surface area contributed by atoms with Crippen LogP contribution in [0.4, 0.5) is 14.5 Å². The molecule has 0 radical (unpaired) electrons. The number of aromatic nitrogens is 2. The second-order valence-electron chi connectivity index (χ2n) is 7.34. The fourth-order valence-corrected chi connectivity index (χ4v) is 3.65. The van der Waals surface area contributed by atoms with Gasteiger partial charge in [0.05, 0.1) is 24.3 Å². The van der Waals surface area contributed by atoms with Crippen LogP contribution in [0.15, 0.2) is 36.4 Å². The molecule has 0 saturated heterocycles. The van der Waals surface area contributed by atoms with Crippen LogP contribution < -0.4 is 0 Å². The van der Waals surface area contributed by atoms with Crippen LogP contribution in [0, 0.1) is 13.5 Å². The van der Waals surface area contributed by atoms with Gasteiger partial charge in [-0.25, -0.2) is 4.85 Å². The molecule has 28 heavy (non-hydrogen) atoms. The predicted molar refractivity (Wildman–Crippen MR) is 103 cm³/mol. The Bertz CT molecular complexity index is 1140. The second-order valence-corrected chi connectivity index (χ2v) is 7.34. The third-order valence-electron chi connectivity index (χ3n) is 5.37. The second kappa shape index (κ2) is 6.52. The molecule has 4 rings (SSSR count). The molecule has 1 aliphatic carbocycles. The number of alkyl halides is 2. The summed E-state index contributed by atoms with van der Waals surface area (Å²) in [4.78, 5) is 15.0. The SMILES string of the molecule is [C-]#[N+]c1cccc(C2CC2)c1Cn1nc(C)c2ccc(C(F)(F)C(C)=O)cc21. The highest BCUT2D eigenvalue weighted by atomic mass is 19.3. The number of Topliss-reactive ketones (excluding diaryl/α,β-unsaturated/α-hetero) is 1. The van der Waals surface area contributed by atoms with Gasteiger partial charge in [0.2, 0.25) is 5.78 Å². The van der Waals surface area contributed by atoms with E-state index in [-0.39, 0.29) is 5.56 Å². The summed E-state index contributed by atoms with van der Waals surface area (Å²) in [6.07, 6.45) is 2.20. The zero-order chi connectivity index (χ0) is 20.1. The summed E-state index contributed by atoms with van der Waals surface area (Å²) in [6, 6.07) is 9.92. The lowest BCUT2D eigenvalue weighted by Crippen LogP contribution is -2.23. The van der Waals surface area contributed by atoms with Crippen LogP contribution in [0.25, 0.3) is 15.7 Å². The highest BCUT2D eigenvalue weighted by Gasteiger charge is 2.37. The molecule has 0 N–H and O–H groups in total. The lowest BCUT2D eigenvalue weighted by Gasteiger charge is -2.15. The number of hydrogen-bond acceptors (Lipinski definition) is 2. The van der Waals surface area contributed by atoms with Crippen molar-refractivity contribution < 1.29 is 13.6 Å². The van der Waals surface area contributed by atoms with Gasteiger partial charge in [-0.2, -0.15) is 13.9 Å². The van der Waals surface area contributed by atoms with Gasteiger partial charge in [0, 0.05) is 17.9 Å². The van der Waals surface area contributed by atoms with Gasteiger partial charge in [0.1, 0.15) is 0 Å². The fourth-order valence-electron chi connectivity index (χ4n) is 3.65. The molecule has 0 aliphatic heterocycles. The van der Waals surface area contributed by atoms with Gasteiger partial charge >= 0.3 is 5.92 Å². The molecule has 3 aromatic rings. The first-order chi connectivity index (χ1) is 13.3. The van der Waals surface area contributed by atoms with Crippen LogP contribution >= 0.6 is 0 Å². The fraction of sp³-hybridized carbons (Fsp3) is 0.318. The molecule has 0 bridgehead atoms. The first kappa shape index (κ1) is 18.3. The van der Waals surface area contributed by atoms with Gasteiger partial charge in [-0.05, 0) is 37.3 Å². The van der Waals surface area contributed by atoms with Crippen LogP contribution in [0.5, 0.6) is 0 Å². The van der Waals surface area contributed by atoms with Crippen molar-refractivity contribution in [1.29, 1.82) is 0 Å². The van der Waals surface area contributed by atoms with Gasteiger partial charge in [0.15, 0.2) is 5.69 Å². The van der Waals surface area contributed by atoms with Crippen molar-refractivity contribution in [2.24, 2.45) is 0 Å². The summed E-state index contributed by atoms with van der Waals surface area (Å²) in [6.45, 7) is 10.5. The molecule has 142 valence electrons.